The van der Waals surface area contributed by atoms with E-state index >= 15 is 0 Å². The number of likely N-dealkylation sites (tertiary alicyclic amines) is 1. The van der Waals surface area contributed by atoms with E-state index in [2.05, 4.69) is 4.90 Å². The van der Waals surface area contributed by atoms with Crippen LogP contribution in [0.5, 0.6) is 0 Å². The van der Waals surface area contributed by atoms with Crippen LogP contribution in [0.3, 0.4) is 0 Å². The number of piperidine rings is 1. The fourth-order valence-electron chi connectivity index (χ4n) is 2.15. The number of methoxy groups -OCH3 is 1. The molecule has 0 aromatic carbocycles. The second-order valence-electron chi connectivity index (χ2n) is 4.34. The summed E-state index contributed by atoms with van der Waals surface area (Å²) in [7, 11) is 1.65. The fourth-order valence-corrected chi connectivity index (χ4v) is 2.15. The van der Waals surface area contributed by atoms with Gasteiger partial charge in [0.05, 0.1) is 13.2 Å². The maximum atomic E-state index is 11.0. The molecule has 1 unspecified atom stereocenters. The molecule has 1 saturated heterocycles. The molecule has 0 radical (unpaired) electrons. The van der Waals surface area contributed by atoms with Crippen molar-refractivity contribution in [3.8, 4) is 0 Å². The molecule has 5 heteroatoms. The van der Waals surface area contributed by atoms with E-state index in [9.17, 15) is 4.79 Å². The van der Waals surface area contributed by atoms with Crippen molar-refractivity contribution < 1.29 is 19.4 Å². The van der Waals surface area contributed by atoms with E-state index in [1.807, 2.05) is 0 Å². The van der Waals surface area contributed by atoms with E-state index in [0.29, 0.717) is 19.8 Å². The summed E-state index contributed by atoms with van der Waals surface area (Å²) in [5.74, 6) is -0.690. The molecule has 1 aliphatic heterocycles. The van der Waals surface area contributed by atoms with Crippen molar-refractivity contribution in [1.29, 1.82) is 0 Å². The predicted molar refractivity (Wildman–Crippen MR) is 64.2 cm³/mol. The van der Waals surface area contributed by atoms with E-state index in [0.717, 1.165) is 38.8 Å². The van der Waals surface area contributed by atoms with Crippen LogP contribution >= 0.6 is 0 Å². The van der Waals surface area contributed by atoms with Crippen LogP contribution in [0, 0.1) is 0 Å². The highest BCUT2D eigenvalue weighted by Crippen LogP contribution is 2.17. The molecule has 0 aliphatic carbocycles. The Kier molecular flexibility index (Phi) is 7.16. The normalized spacial score (nSPS) is 21.6. The van der Waals surface area contributed by atoms with Crippen LogP contribution < -0.4 is 0 Å². The molecule has 0 saturated carbocycles. The molecule has 0 aromatic heterocycles. The molecule has 0 amide bonds. The summed E-state index contributed by atoms with van der Waals surface area (Å²) < 4.78 is 10.2. The molecule has 0 bridgehead atoms. The number of carboxylic acid groups (broad SMARTS) is 1. The van der Waals surface area contributed by atoms with Gasteiger partial charge in [0.25, 0.3) is 0 Å². The Morgan fingerprint density at radius 3 is 2.88 bits per heavy atom. The third-order valence-corrected chi connectivity index (χ3v) is 3.06. The van der Waals surface area contributed by atoms with E-state index in [1.54, 1.807) is 7.11 Å². The zero-order chi connectivity index (χ0) is 12.5. The first-order chi connectivity index (χ1) is 8.25. The number of carbonyl (C=O) groups is 1. The largest absolute Gasteiger partial charge is 0.480 e. The monoisotopic (exact) mass is 245 g/mol. The Bertz CT molecular complexity index is 223. The lowest BCUT2D eigenvalue weighted by atomic mass is 10.0. The summed E-state index contributed by atoms with van der Waals surface area (Å²) in [5, 5.41) is 9.09. The Morgan fingerprint density at radius 2 is 2.18 bits per heavy atom. The predicted octanol–water partition coefficient (Wildman–Crippen LogP) is 0.979. The van der Waals surface area contributed by atoms with Crippen LogP contribution in [0.25, 0.3) is 0 Å². The minimum absolute atomic E-state index is 0.289. The number of hydrogen-bond acceptors (Lipinski definition) is 4. The van der Waals surface area contributed by atoms with Crippen LogP contribution in [0.4, 0.5) is 0 Å². The van der Waals surface area contributed by atoms with Crippen molar-refractivity contribution in [3.05, 3.63) is 0 Å². The van der Waals surface area contributed by atoms with Crippen molar-refractivity contribution in [1.82, 2.24) is 4.90 Å². The van der Waals surface area contributed by atoms with Crippen molar-refractivity contribution in [3.63, 3.8) is 0 Å². The van der Waals surface area contributed by atoms with Crippen LogP contribution in [-0.4, -0.2) is 62.0 Å². The third kappa shape index (κ3) is 5.48. The minimum Gasteiger partial charge on any atom is -0.480 e. The number of aliphatic carboxylic acids is 1. The van der Waals surface area contributed by atoms with E-state index < -0.39 is 5.97 Å². The number of rotatable bonds is 8. The third-order valence-electron chi connectivity index (χ3n) is 3.06. The molecule has 0 spiro atoms. The van der Waals surface area contributed by atoms with Gasteiger partial charge in [0.15, 0.2) is 0 Å². The fraction of sp³-hybridized carbons (Fsp3) is 0.917. The first kappa shape index (κ1) is 14.4. The number of hydrogen-bond donors (Lipinski definition) is 1. The maximum Gasteiger partial charge on any atom is 0.320 e. The lowest BCUT2D eigenvalue weighted by Gasteiger charge is -2.32. The van der Waals surface area contributed by atoms with Crippen molar-refractivity contribution >= 4 is 5.97 Å². The Balaban J connectivity index is 2.13. The lowest BCUT2D eigenvalue weighted by molar-refractivity contribution is -0.144. The van der Waals surface area contributed by atoms with Gasteiger partial charge in [0, 0.05) is 20.3 Å². The van der Waals surface area contributed by atoms with Gasteiger partial charge in [-0.3, -0.25) is 9.69 Å². The molecule has 1 rings (SSSR count). The van der Waals surface area contributed by atoms with Gasteiger partial charge in [0.2, 0.25) is 0 Å². The van der Waals surface area contributed by atoms with Crippen molar-refractivity contribution in [2.24, 2.45) is 0 Å². The van der Waals surface area contributed by atoms with Crippen molar-refractivity contribution in [2.45, 2.75) is 31.7 Å². The molecular weight excluding hydrogens is 222 g/mol. The quantitative estimate of drug-likeness (QED) is 0.646. The van der Waals surface area contributed by atoms with E-state index in [1.165, 1.54) is 0 Å². The van der Waals surface area contributed by atoms with Crippen LogP contribution in [0.2, 0.25) is 0 Å². The molecule has 1 N–H and O–H groups in total. The minimum atomic E-state index is -0.690. The second kappa shape index (κ2) is 8.44. The van der Waals surface area contributed by atoms with Gasteiger partial charge in [-0.05, 0) is 25.8 Å². The topological polar surface area (TPSA) is 59.0 Å². The first-order valence-corrected chi connectivity index (χ1v) is 6.29. The van der Waals surface area contributed by atoms with Gasteiger partial charge in [-0.25, -0.2) is 0 Å². The lowest BCUT2D eigenvalue weighted by Crippen LogP contribution is -2.45. The Labute approximate surface area is 103 Å². The van der Waals surface area contributed by atoms with Crippen LogP contribution in [0.1, 0.15) is 25.7 Å². The molecule has 1 atom stereocenters. The molecule has 1 heterocycles. The summed E-state index contributed by atoms with van der Waals surface area (Å²) in [6, 6.07) is -0.289. The standard InChI is InChI=1S/C12H23NO4/c1-16-9-10-17-8-4-7-13-6-3-2-5-11(13)12(14)15/h11H,2-10H2,1H3,(H,14,15). The average molecular weight is 245 g/mol. The summed E-state index contributed by atoms with van der Waals surface area (Å²) in [6.45, 7) is 3.60. The van der Waals surface area contributed by atoms with Gasteiger partial charge >= 0.3 is 5.97 Å². The van der Waals surface area contributed by atoms with Crippen LogP contribution in [-0.2, 0) is 14.3 Å². The smallest absolute Gasteiger partial charge is 0.320 e. The highest BCUT2D eigenvalue weighted by atomic mass is 16.5. The molecule has 5 nitrogen and oxygen atoms in total. The van der Waals surface area contributed by atoms with E-state index in [-0.39, 0.29) is 6.04 Å². The average Bonchev–Trinajstić information content (AvgIpc) is 2.34. The van der Waals surface area contributed by atoms with Gasteiger partial charge in [-0.15, -0.1) is 0 Å². The molecule has 100 valence electrons. The molecular formula is C12H23NO4. The van der Waals surface area contributed by atoms with Crippen molar-refractivity contribution in [2.75, 3.05) is 40.0 Å². The highest BCUT2D eigenvalue weighted by molar-refractivity contribution is 5.73. The summed E-state index contributed by atoms with van der Waals surface area (Å²) >= 11 is 0. The Hall–Kier alpha value is -0.650. The summed E-state index contributed by atoms with van der Waals surface area (Å²) in [4.78, 5) is 13.1. The molecule has 17 heavy (non-hydrogen) atoms. The number of ether oxygens (including phenoxy) is 2. The molecule has 1 aliphatic rings. The number of nitrogens with zero attached hydrogens (tertiary/aromatic N) is 1. The zero-order valence-corrected chi connectivity index (χ0v) is 10.6. The maximum absolute atomic E-state index is 11.0. The number of carboxylic acids is 1. The molecule has 1 fully saturated rings. The summed E-state index contributed by atoms with van der Waals surface area (Å²) in [5.41, 5.74) is 0. The van der Waals surface area contributed by atoms with Gasteiger partial charge in [0.1, 0.15) is 6.04 Å². The SMILES string of the molecule is COCCOCCCN1CCCCC1C(=O)O. The van der Waals surface area contributed by atoms with Crippen LogP contribution in [0.15, 0.2) is 0 Å². The summed E-state index contributed by atoms with van der Waals surface area (Å²) in [6.07, 6.45) is 3.79. The second-order valence-corrected chi connectivity index (χ2v) is 4.34. The van der Waals surface area contributed by atoms with Gasteiger partial charge in [-0.2, -0.15) is 0 Å². The first-order valence-electron chi connectivity index (χ1n) is 6.29. The molecule has 0 aromatic rings. The van der Waals surface area contributed by atoms with Gasteiger partial charge < -0.3 is 14.6 Å². The van der Waals surface area contributed by atoms with Gasteiger partial charge in [-0.1, -0.05) is 6.42 Å². The highest BCUT2D eigenvalue weighted by Gasteiger charge is 2.27. The Morgan fingerprint density at radius 1 is 1.35 bits per heavy atom. The van der Waals surface area contributed by atoms with E-state index in [4.69, 9.17) is 14.6 Å². The zero-order valence-electron chi connectivity index (χ0n) is 10.6.